The van der Waals surface area contributed by atoms with Crippen LogP contribution >= 0.6 is 0 Å². The third kappa shape index (κ3) is 8.15. The number of sulfonamides is 1. The third-order valence-corrected chi connectivity index (χ3v) is 10.4. The Bertz CT molecular complexity index is 1660. The lowest BCUT2D eigenvalue weighted by molar-refractivity contribution is -0.0907. The molecule has 0 bridgehead atoms. The number of carbonyl (C=O) groups excluding carboxylic acids is 1. The summed E-state index contributed by atoms with van der Waals surface area (Å²) in [5.74, 6) is -0.194. The number of alkyl carbamates (subject to hydrolysis) is 1. The minimum atomic E-state index is -4.13. The van der Waals surface area contributed by atoms with Gasteiger partial charge in [0.25, 0.3) is 0 Å². The molecule has 2 fully saturated rings. The Morgan fingerprint density at radius 2 is 1.94 bits per heavy atom. The highest BCUT2D eigenvalue weighted by Gasteiger charge is 2.44. The molecule has 13 heteroatoms. The van der Waals surface area contributed by atoms with Crippen molar-refractivity contribution in [3.8, 4) is 5.88 Å². The Kier molecular flexibility index (Phi) is 11.2. The van der Waals surface area contributed by atoms with E-state index in [0.717, 1.165) is 18.4 Å². The largest absolute Gasteiger partial charge is 0.494 e. The molecule has 12 nitrogen and oxygen atoms in total. The Labute approximate surface area is 276 Å². The van der Waals surface area contributed by atoms with E-state index in [2.05, 4.69) is 15.3 Å². The number of aromatic amines is 1. The Hall–Kier alpha value is -3.49. The lowest BCUT2D eigenvalue weighted by atomic mass is 10.0. The van der Waals surface area contributed by atoms with Gasteiger partial charge in [0.05, 0.1) is 41.7 Å². The van der Waals surface area contributed by atoms with Crippen molar-refractivity contribution < 1.29 is 37.6 Å². The predicted octanol–water partition coefficient (Wildman–Crippen LogP) is 4.20. The van der Waals surface area contributed by atoms with E-state index in [1.54, 1.807) is 13.0 Å². The van der Waals surface area contributed by atoms with Crippen molar-refractivity contribution in [1.29, 1.82) is 0 Å². The van der Waals surface area contributed by atoms with E-state index in [1.807, 2.05) is 51.1 Å². The second-order valence-corrected chi connectivity index (χ2v) is 14.7. The average Bonchev–Trinajstić information content (AvgIpc) is 3.74. The third-order valence-electron chi connectivity index (χ3n) is 8.59. The van der Waals surface area contributed by atoms with Gasteiger partial charge in [-0.3, -0.25) is 4.99 Å². The first-order valence-electron chi connectivity index (χ1n) is 16.3. The maximum absolute atomic E-state index is 14.2. The van der Waals surface area contributed by atoms with Crippen LogP contribution in [0.2, 0.25) is 0 Å². The summed E-state index contributed by atoms with van der Waals surface area (Å²) in [6.45, 7) is 8.78. The molecule has 2 unspecified atom stereocenters. The van der Waals surface area contributed by atoms with Gasteiger partial charge in [0.2, 0.25) is 10.0 Å². The van der Waals surface area contributed by atoms with E-state index >= 15 is 0 Å². The number of rotatable bonds is 14. The standard InChI is InChI=1S/C34H46N4O8S/c1-5-14-35-22(4)31-26-17-24(11-12-27(26)36-32(31)40)47(42,43)38(18-21(2)3)19-29(39)28(16-23-9-7-6-8-10-23)37-34(41)46-30-20-45-33-25(30)13-15-44-33/h6-12,17,21,25,28-30,33,36,39-40H,5,13-16,18-20H2,1-4H3,(H,37,41)/t25?,28-,29+,30-,33?/m0/s1. The molecular weight excluding hydrogens is 624 g/mol. The smallest absolute Gasteiger partial charge is 0.407 e. The van der Waals surface area contributed by atoms with Crippen molar-refractivity contribution in [1.82, 2.24) is 14.6 Å². The number of aliphatic hydroxyl groups excluding tert-OH is 1. The number of amides is 1. The fourth-order valence-electron chi connectivity index (χ4n) is 6.23. The quantitative estimate of drug-likeness (QED) is 0.186. The number of aliphatic imine (C=N–C) groups is 1. The molecule has 5 atom stereocenters. The maximum atomic E-state index is 14.2. The van der Waals surface area contributed by atoms with Crippen LogP contribution in [0.3, 0.4) is 0 Å². The van der Waals surface area contributed by atoms with Crippen LogP contribution in [0.4, 0.5) is 4.79 Å². The van der Waals surface area contributed by atoms with E-state index in [0.29, 0.717) is 35.3 Å². The summed E-state index contributed by atoms with van der Waals surface area (Å²) in [5.41, 5.74) is 2.48. The summed E-state index contributed by atoms with van der Waals surface area (Å²) in [6.07, 6.45) is -1.05. The van der Waals surface area contributed by atoms with E-state index < -0.39 is 34.4 Å². The van der Waals surface area contributed by atoms with E-state index in [9.17, 15) is 23.4 Å². The summed E-state index contributed by atoms with van der Waals surface area (Å²) in [7, 11) is -4.13. The summed E-state index contributed by atoms with van der Waals surface area (Å²) in [4.78, 5) is 20.6. The summed E-state index contributed by atoms with van der Waals surface area (Å²) in [6, 6.07) is 13.1. The van der Waals surface area contributed by atoms with Crippen molar-refractivity contribution >= 4 is 32.7 Å². The number of benzene rings is 2. The number of hydrogen-bond acceptors (Lipinski definition) is 9. The van der Waals surface area contributed by atoms with Gasteiger partial charge < -0.3 is 34.7 Å². The van der Waals surface area contributed by atoms with Gasteiger partial charge >= 0.3 is 6.09 Å². The number of nitrogens with one attached hydrogen (secondary N) is 2. The first-order chi connectivity index (χ1) is 22.5. The Morgan fingerprint density at radius 3 is 2.66 bits per heavy atom. The zero-order chi connectivity index (χ0) is 33.7. The zero-order valence-electron chi connectivity index (χ0n) is 27.4. The molecule has 0 aliphatic carbocycles. The van der Waals surface area contributed by atoms with E-state index in [1.165, 1.54) is 16.4 Å². The number of fused-ring (bicyclic) bond motifs is 2. The van der Waals surface area contributed by atoms with Gasteiger partial charge in [-0.25, -0.2) is 13.2 Å². The topological polar surface area (TPSA) is 163 Å². The van der Waals surface area contributed by atoms with Crippen molar-refractivity contribution in [2.24, 2.45) is 16.8 Å². The number of hydrogen-bond donors (Lipinski definition) is 4. The van der Waals surface area contributed by atoms with Gasteiger partial charge in [-0.15, -0.1) is 0 Å². The maximum Gasteiger partial charge on any atom is 0.407 e. The highest BCUT2D eigenvalue weighted by atomic mass is 32.2. The zero-order valence-corrected chi connectivity index (χ0v) is 28.2. The molecule has 47 heavy (non-hydrogen) atoms. The van der Waals surface area contributed by atoms with Crippen LogP contribution in [0.15, 0.2) is 58.4 Å². The molecule has 1 aromatic heterocycles. The molecular formula is C34H46N4O8S. The number of aromatic nitrogens is 1. The molecule has 4 N–H and O–H groups in total. The Balaban J connectivity index is 1.40. The average molecular weight is 671 g/mol. The van der Waals surface area contributed by atoms with Crippen LogP contribution in [0.5, 0.6) is 5.88 Å². The second kappa shape index (κ2) is 15.2. The molecule has 1 amide bonds. The number of carbonyl (C=O) groups is 1. The number of nitrogens with zero attached hydrogens (tertiary/aromatic N) is 2. The van der Waals surface area contributed by atoms with Gasteiger partial charge in [0.1, 0.15) is 6.10 Å². The number of aliphatic hydroxyl groups is 1. The van der Waals surface area contributed by atoms with Crippen molar-refractivity contribution in [2.45, 2.75) is 76.4 Å². The second-order valence-electron chi connectivity index (χ2n) is 12.7. The van der Waals surface area contributed by atoms with Gasteiger partial charge in [-0.2, -0.15) is 4.31 Å². The lowest BCUT2D eigenvalue weighted by Crippen LogP contribution is -2.51. The molecule has 2 aromatic carbocycles. The number of aromatic hydroxyl groups is 1. The molecule has 0 spiro atoms. The van der Waals surface area contributed by atoms with Crippen molar-refractivity contribution in [3.63, 3.8) is 0 Å². The van der Waals surface area contributed by atoms with Crippen LogP contribution in [0.1, 0.15) is 51.7 Å². The van der Waals surface area contributed by atoms with E-state index in [-0.39, 0.29) is 55.0 Å². The monoisotopic (exact) mass is 670 g/mol. The normalized spacial score (nSPS) is 21.3. The van der Waals surface area contributed by atoms with E-state index in [4.69, 9.17) is 14.2 Å². The molecule has 5 rings (SSSR count). The minimum absolute atomic E-state index is 0.0166. The molecule has 2 aliphatic heterocycles. The molecule has 256 valence electrons. The predicted molar refractivity (Wildman–Crippen MR) is 178 cm³/mol. The van der Waals surface area contributed by atoms with Crippen LogP contribution in [0, 0.1) is 11.8 Å². The van der Waals surface area contributed by atoms with Gasteiger partial charge in [-0.05, 0) is 55.9 Å². The van der Waals surface area contributed by atoms with Gasteiger partial charge in [0.15, 0.2) is 12.2 Å². The molecule has 3 aromatic rings. The van der Waals surface area contributed by atoms with Crippen LogP contribution in [0.25, 0.3) is 10.9 Å². The highest BCUT2D eigenvalue weighted by Crippen LogP contribution is 2.33. The molecule has 2 saturated heterocycles. The Morgan fingerprint density at radius 1 is 1.17 bits per heavy atom. The fraction of sp³-hybridized carbons (Fsp3) is 0.529. The minimum Gasteiger partial charge on any atom is -0.494 e. The van der Waals surface area contributed by atoms with Gasteiger partial charge in [-0.1, -0.05) is 51.1 Å². The summed E-state index contributed by atoms with van der Waals surface area (Å²) in [5, 5.41) is 25.6. The molecule has 0 radical (unpaired) electrons. The molecule has 0 saturated carbocycles. The number of ether oxygens (including phenoxy) is 3. The van der Waals surface area contributed by atoms with Crippen LogP contribution in [-0.4, -0.2) is 97.1 Å². The highest BCUT2D eigenvalue weighted by molar-refractivity contribution is 7.89. The SMILES string of the molecule is CCCN=C(C)c1c(O)[nH]c2ccc(S(=O)(=O)N(CC(C)C)C[C@@H](O)[C@H](Cc3ccccc3)NC(=O)O[C@H]3COC4OCCC43)cc12. The summed E-state index contributed by atoms with van der Waals surface area (Å²) >= 11 is 0. The molecule has 2 aliphatic rings. The van der Waals surface area contributed by atoms with Crippen molar-refractivity contribution in [3.05, 3.63) is 59.7 Å². The first-order valence-corrected chi connectivity index (χ1v) is 17.7. The first kappa shape index (κ1) is 34.8. The van der Waals surface area contributed by atoms with Gasteiger partial charge in [0, 0.05) is 36.2 Å². The van der Waals surface area contributed by atoms with Crippen LogP contribution in [-0.2, 0) is 30.7 Å². The van der Waals surface area contributed by atoms with Crippen LogP contribution < -0.4 is 5.32 Å². The summed E-state index contributed by atoms with van der Waals surface area (Å²) < 4.78 is 46.5. The fourth-order valence-corrected chi connectivity index (χ4v) is 7.88. The number of H-pyrrole nitrogens is 1. The molecule has 3 heterocycles. The lowest BCUT2D eigenvalue weighted by Gasteiger charge is -2.31. The van der Waals surface area contributed by atoms with Crippen molar-refractivity contribution in [2.75, 3.05) is 32.8 Å².